The molecule has 2 aliphatic rings. The third-order valence-corrected chi connectivity index (χ3v) is 4.67. The standard InChI is InChI=1S/C15H19BrN2O/c16-11-6-7-13-12(8-11)14(15(19)18-13)17-9-10-4-2-1-3-5-10/h6-8,10,14,17H,1-5,9H2,(H,18,19). The molecule has 1 fully saturated rings. The van der Waals surface area contributed by atoms with Gasteiger partial charge in [0.2, 0.25) is 5.91 Å². The molecule has 2 N–H and O–H groups in total. The van der Waals surface area contributed by atoms with Crippen LogP contribution >= 0.6 is 15.9 Å². The second-order valence-corrected chi connectivity index (χ2v) is 6.48. The molecule has 1 aromatic carbocycles. The van der Waals surface area contributed by atoms with Crippen molar-refractivity contribution < 1.29 is 4.79 Å². The Bertz CT molecular complexity index is 483. The number of fused-ring (bicyclic) bond motifs is 1. The fraction of sp³-hybridized carbons (Fsp3) is 0.533. The van der Waals surface area contributed by atoms with E-state index in [9.17, 15) is 4.79 Å². The predicted octanol–water partition coefficient (Wildman–Crippen LogP) is 3.61. The Morgan fingerprint density at radius 3 is 2.84 bits per heavy atom. The summed E-state index contributed by atoms with van der Waals surface area (Å²) < 4.78 is 1.02. The van der Waals surface area contributed by atoms with Crippen molar-refractivity contribution in [2.24, 2.45) is 5.92 Å². The van der Waals surface area contributed by atoms with Gasteiger partial charge in [0.25, 0.3) is 0 Å². The van der Waals surface area contributed by atoms with Gasteiger partial charge in [-0.2, -0.15) is 0 Å². The minimum Gasteiger partial charge on any atom is -0.324 e. The number of hydrogen-bond acceptors (Lipinski definition) is 2. The third-order valence-electron chi connectivity index (χ3n) is 4.18. The third kappa shape index (κ3) is 2.84. The Labute approximate surface area is 122 Å². The zero-order valence-electron chi connectivity index (χ0n) is 10.9. The maximum Gasteiger partial charge on any atom is 0.246 e. The van der Waals surface area contributed by atoms with E-state index in [2.05, 4.69) is 26.6 Å². The minimum atomic E-state index is -0.186. The van der Waals surface area contributed by atoms with E-state index in [1.54, 1.807) is 0 Å². The number of hydrogen-bond donors (Lipinski definition) is 2. The van der Waals surface area contributed by atoms with Crippen LogP contribution in [0.2, 0.25) is 0 Å². The van der Waals surface area contributed by atoms with Gasteiger partial charge >= 0.3 is 0 Å². The number of anilines is 1. The van der Waals surface area contributed by atoms with Crippen LogP contribution in [0.5, 0.6) is 0 Å². The van der Waals surface area contributed by atoms with Crippen LogP contribution in [0.4, 0.5) is 5.69 Å². The van der Waals surface area contributed by atoms with E-state index in [0.717, 1.165) is 28.2 Å². The van der Waals surface area contributed by atoms with Crippen molar-refractivity contribution in [1.29, 1.82) is 0 Å². The molecule has 0 bridgehead atoms. The molecule has 0 aromatic heterocycles. The number of amides is 1. The van der Waals surface area contributed by atoms with Gasteiger partial charge in [-0.1, -0.05) is 35.2 Å². The normalized spacial score (nSPS) is 23.2. The van der Waals surface area contributed by atoms with E-state index in [0.29, 0.717) is 0 Å². The highest BCUT2D eigenvalue weighted by molar-refractivity contribution is 9.10. The number of benzene rings is 1. The summed E-state index contributed by atoms with van der Waals surface area (Å²) in [6.07, 6.45) is 6.65. The lowest BCUT2D eigenvalue weighted by molar-refractivity contribution is -0.117. The van der Waals surface area contributed by atoms with E-state index in [1.807, 2.05) is 18.2 Å². The van der Waals surface area contributed by atoms with Crippen molar-refractivity contribution in [3.05, 3.63) is 28.2 Å². The zero-order valence-corrected chi connectivity index (χ0v) is 12.5. The van der Waals surface area contributed by atoms with Gasteiger partial charge in [0.1, 0.15) is 6.04 Å². The molecule has 0 radical (unpaired) electrons. The van der Waals surface area contributed by atoms with Crippen LogP contribution in [0.25, 0.3) is 0 Å². The number of carbonyl (C=O) groups excluding carboxylic acids is 1. The summed E-state index contributed by atoms with van der Waals surface area (Å²) in [5.41, 5.74) is 2.00. The molecule has 102 valence electrons. The highest BCUT2D eigenvalue weighted by Crippen LogP contribution is 2.33. The molecule has 3 nitrogen and oxygen atoms in total. The lowest BCUT2D eigenvalue weighted by atomic mass is 9.89. The first-order valence-corrected chi connectivity index (χ1v) is 7.87. The SMILES string of the molecule is O=C1Nc2ccc(Br)cc2C1NCC1CCCCC1. The Balaban J connectivity index is 1.67. The summed E-state index contributed by atoms with van der Waals surface area (Å²) in [7, 11) is 0. The fourth-order valence-electron chi connectivity index (χ4n) is 3.11. The smallest absolute Gasteiger partial charge is 0.246 e. The molecule has 1 aliphatic carbocycles. The first-order valence-electron chi connectivity index (χ1n) is 7.08. The van der Waals surface area contributed by atoms with E-state index < -0.39 is 0 Å². The molecule has 1 aromatic rings. The second-order valence-electron chi connectivity index (χ2n) is 5.57. The van der Waals surface area contributed by atoms with Crippen LogP contribution in [0.1, 0.15) is 43.7 Å². The summed E-state index contributed by atoms with van der Waals surface area (Å²) in [6, 6.07) is 5.77. The molecule has 1 aliphatic heterocycles. The number of nitrogens with one attached hydrogen (secondary N) is 2. The molecule has 1 saturated carbocycles. The molecule has 0 spiro atoms. The van der Waals surface area contributed by atoms with Crippen molar-refractivity contribution in [1.82, 2.24) is 5.32 Å². The number of halogens is 1. The molecular formula is C15H19BrN2O. The van der Waals surface area contributed by atoms with Crippen LogP contribution in [-0.2, 0) is 4.79 Å². The topological polar surface area (TPSA) is 41.1 Å². The summed E-state index contributed by atoms with van der Waals surface area (Å²) in [5.74, 6) is 0.807. The quantitative estimate of drug-likeness (QED) is 0.892. The Hall–Kier alpha value is -0.870. The van der Waals surface area contributed by atoms with Crippen molar-refractivity contribution >= 4 is 27.5 Å². The molecule has 1 atom stereocenters. The molecular weight excluding hydrogens is 304 g/mol. The average molecular weight is 323 g/mol. The maximum absolute atomic E-state index is 12.0. The van der Waals surface area contributed by atoms with Crippen LogP contribution in [0, 0.1) is 5.92 Å². The van der Waals surface area contributed by atoms with E-state index >= 15 is 0 Å². The van der Waals surface area contributed by atoms with Crippen LogP contribution in [-0.4, -0.2) is 12.5 Å². The average Bonchev–Trinajstić information content (AvgIpc) is 2.73. The van der Waals surface area contributed by atoms with E-state index in [1.165, 1.54) is 32.1 Å². The van der Waals surface area contributed by atoms with Crippen LogP contribution in [0.15, 0.2) is 22.7 Å². The molecule has 19 heavy (non-hydrogen) atoms. The zero-order chi connectivity index (χ0) is 13.2. The summed E-state index contributed by atoms with van der Waals surface area (Å²) >= 11 is 3.47. The lowest BCUT2D eigenvalue weighted by Crippen LogP contribution is -2.32. The molecule has 3 rings (SSSR count). The van der Waals surface area contributed by atoms with Crippen molar-refractivity contribution in [3.8, 4) is 0 Å². The summed E-state index contributed by atoms with van der Waals surface area (Å²) in [5, 5.41) is 6.39. The lowest BCUT2D eigenvalue weighted by Gasteiger charge is -2.23. The van der Waals surface area contributed by atoms with Crippen LogP contribution < -0.4 is 10.6 Å². The second kappa shape index (κ2) is 5.63. The molecule has 1 amide bonds. The van der Waals surface area contributed by atoms with Crippen molar-refractivity contribution in [2.45, 2.75) is 38.1 Å². The summed E-state index contributed by atoms with van der Waals surface area (Å²) in [6.45, 7) is 0.948. The predicted molar refractivity (Wildman–Crippen MR) is 80.1 cm³/mol. The van der Waals surface area contributed by atoms with E-state index in [4.69, 9.17) is 0 Å². The highest BCUT2D eigenvalue weighted by atomic mass is 79.9. The van der Waals surface area contributed by atoms with Gasteiger partial charge in [0.15, 0.2) is 0 Å². The monoisotopic (exact) mass is 322 g/mol. The summed E-state index contributed by atoms with van der Waals surface area (Å²) in [4.78, 5) is 12.0. The minimum absolute atomic E-state index is 0.0731. The first-order chi connectivity index (χ1) is 9.24. The first kappa shape index (κ1) is 13.1. The Morgan fingerprint density at radius 1 is 1.26 bits per heavy atom. The van der Waals surface area contributed by atoms with Gasteiger partial charge in [0.05, 0.1) is 0 Å². The van der Waals surface area contributed by atoms with Crippen molar-refractivity contribution in [2.75, 3.05) is 11.9 Å². The molecule has 1 heterocycles. The molecule has 4 heteroatoms. The van der Waals surface area contributed by atoms with Gasteiger partial charge in [-0.25, -0.2) is 0 Å². The van der Waals surface area contributed by atoms with Gasteiger partial charge < -0.3 is 10.6 Å². The molecule has 0 saturated heterocycles. The van der Waals surface area contributed by atoms with Gasteiger partial charge in [0, 0.05) is 15.7 Å². The van der Waals surface area contributed by atoms with Gasteiger partial charge in [-0.3, -0.25) is 4.79 Å². The van der Waals surface area contributed by atoms with Crippen LogP contribution in [0.3, 0.4) is 0 Å². The van der Waals surface area contributed by atoms with E-state index in [-0.39, 0.29) is 11.9 Å². The number of rotatable bonds is 3. The maximum atomic E-state index is 12.0. The fourth-order valence-corrected chi connectivity index (χ4v) is 3.49. The highest BCUT2D eigenvalue weighted by Gasteiger charge is 2.30. The van der Waals surface area contributed by atoms with Gasteiger partial charge in [-0.05, 0) is 43.5 Å². The largest absolute Gasteiger partial charge is 0.324 e. The van der Waals surface area contributed by atoms with Gasteiger partial charge in [-0.15, -0.1) is 0 Å². The Kier molecular flexibility index (Phi) is 3.89. The number of carbonyl (C=O) groups is 1. The van der Waals surface area contributed by atoms with Crippen molar-refractivity contribution in [3.63, 3.8) is 0 Å². The molecule has 1 unspecified atom stereocenters. The Morgan fingerprint density at radius 2 is 2.05 bits per heavy atom.